The molecule has 0 radical (unpaired) electrons. The lowest BCUT2D eigenvalue weighted by Crippen LogP contribution is -2.39. The van der Waals surface area contributed by atoms with Crippen molar-refractivity contribution >= 4 is 33.5 Å². The Kier molecular flexibility index (Phi) is 7.72. The van der Waals surface area contributed by atoms with E-state index in [0.29, 0.717) is 0 Å². The highest BCUT2D eigenvalue weighted by molar-refractivity contribution is 7.92. The van der Waals surface area contributed by atoms with Crippen LogP contribution < -0.4 is 14.6 Å². The monoisotopic (exact) mass is 420 g/mol. The lowest BCUT2D eigenvalue weighted by molar-refractivity contribution is -0.119. The third kappa shape index (κ3) is 6.56. The number of halogens is 1. The van der Waals surface area contributed by atoms with Crippen molar-refractivity contribution in [2.45, 2.75) is 13.8 Å². The Balaban J connectivity index is 2.01. The quantitative estimate of drug-likeness (QED) is 0.499. The summed E-state index contributed by atoms with van der Waals surface area (Å²) >= 11 is 0. The first-order chi connectivity index (χ1) is 13.7. The highest BCUT2D eigenvalue weighted by Crippen LogP contribution is 2.17. The third-order valence-corrected chi connectivity index (χ3v) is 5.37. The summed E-state index contributed by atoms with van der Waals surface area (Å²) in [6.07, 6.45) is 2.46. The molecule has 2 aromatic carbocycles. The number of carbonyl (C=O) groups excluding carboxylic acids is 1. The van der Waals surface area contributed by atoms with Gasteiger partial charge in [-0.05, 0) is 55.8 Å². The highest BCUT2D eigenvalue weighted by atomic mass is 32.2. The van der Waals surface area contributed by atoms with E-state index in [1.165, 1.54) is 18.3 Å². The van der Waals surface area contributed by atoms with Crippen LogP contribution in [0.15, 0.2) is 53.6 Å². The molecule has 9 heteroatoms. The van der Waals surface area contributed by atoms with E-state index in [9.17, 15) is 17.6 Å². The number of nitrogens with one attached hydrogen (secondary N) is 1. The van der Waals surface area contributed by atoms with Crippen LogP contribution in [0, 0.1) is 5.82 Å². The predicted octanol–water partition coefficient (Wildman–Crippen LogP) is 2.59. The molecule has 0 aliphatic rings. The molecule has 1 amide bonds. The number of sulfonamides is 1. The highest BCUT2D eigenvalue weighted by Gasteiger charge is 2.20. The molecule has 0 atom stereocenters. The Morgan fingerprint density at radius 2 is 1.59 bits per heavy atom. The van der Waals surface area contributed by atoms with Gasteiger partial charge in [-0.2, -0.15) is 5.10 Å². The van der Waals surface area contributed by atoms with Gasteiger partial charge in [-0.25, -0.2) is 18.2 Å². The van der Waals surface area contributed by atoms with E-state index in [1.54, 1.807) is 0 Å². The SMILES string of the molecule is CCN(CC)c1ccc(/C=N\NC(=O)CN(c2ccc(F)cc2)S(C)(=O)=O)cc1. The summed E-state index contributed by atoms with van der Waals surface area (Å²) in [4.78, 5) is 14.3. The van der Waals surface area contributed by atoms with Gasteiger partial charge in [0, 0.05) is 18.8 Å². The molecular formula is C20H25FN4O3S. The van der Waals surface area contributed by atoms with Crippen molar-refractivity contribution in [3.8, 4) is 0 Å². The summed E-state index contributed by atoms with van der Waals surface area (Å²) in [5.74, 6) is -1.11. The van der Waals surface area contributed by atoms with E-state index in [-0.39, 0.29) is 5.69 Å². The summed E-state index contributed by atoms with van der Waals surface area (Å²) in [5, 5.41) is 3.88. The molecule has 7 nitrogen and oxygen atoms in total. The zero-order valence-corrected chi connectivity index (χ0v) is 17.5. The maximum atomic E-state index is 13.1. The number of anilines is 2. The minimum atomic E-state index is -3.73. The van der Waals surface area contributed by atoms with Gasteiger partial charge < -0.3 is 4.90 Å². The average Bonchev–Trinajstić information content (AvgIpc) is 2.68. The molecule has 0 saturated carbocycles. The van der Waals surface area contributed by atoms with E-state index < -0.39 is 28.3 Å². The van der Waals surface area contributed by atoms with Crippen LogP contribution in [0.4, 0.5) is 15.8 Å². The lowest BCUT2D eigenvalue weighted by atomic mass is 10.2. The third-order valence-electron chi connectivity index (χ3n) is 4.23. The van der Waals surface area contributed by atoms with E-state index >= 15 is 0 Å². The van der Waals surface area contributed by atoms with Crippen LogP contribution in [-0.4, -0.2) is 46.4 Å². The summed E-state index contributed by atoms with van der Waals surface area (Å²) in [6.45, 7) is 5.51. The van der Waals surface area contributed by atoms with Crippen molar-refractivity contribution in [2.24, 2.45) is 5.10 Å². The fraction of sp³-hybridized carbons (Fsp3) is 0.300. The number of benzene rings is 2. The second-order valence-electron chi connectivity index (χ2n) is 6.30. The van der Waals surface area contributed by atoms with E-state index in [1.807, 2.05) is 24.3 Å². The van der Waals surface area contributed by atoms with Crippen LogP contribution in [0.5, 0.6) is 0 Å². The van der Waals surface area contributed by atoms with Gasteiger partial charge in [-0.15, -0.1) is 0 Å². The Labute approximate surface area is 170 Å². The van der Waals surface area contributed by atoms with Gasteiger partial charge in [-0.1, -0.05) is 12.1 Å². The van der Waals surface area contributed by atoms with Crippen LogP contribution in [0.25, 0.3) is 0 Å². The smallest absolute Gasteiger partial charge is 0.260 e. The van der Waals surface area contributed by atoms with Crippen molar-refractivity contribution in [3.63, 3.8) is 0 Å². The summed E-state index contributed by atoms with van der Waals surface area (Å²) in [5.41, 5.74) is 4.40. The first-order valence-electron chi connectivity index (χ1n) is 9.14. The molecule has 0 saturated heterocycles. The molecule has 0 bridgehead atoms. The van der Waals surface area contributed by atoms with Gasteiger partial charge in [0.15, 0.2) is 0 Å². The molecule has 0 aliphatic heterocycles. The standard InChI is InChI=1S/C20H25FN4O3S/c1-4-24(5-2)18-10-6-16(7-11-18)14-22-23-20(26)15-25(29(3,27)28)19-12-8-17(21)9-13-19/h6-14H,4-5,15H2,1-3H3,(H,23,26)/b22-14-. The Bertz CT molecular complexity index is 941. The minimum absolute atomic E-state index is 0.194. The number of carbonyl (C=O) groups is 1. The molecule has 0 fully saturated rings. The van der Waals surface area contributed by atoms with Crippen LogP contribution in [0.2, 0.25) is 0 Å². The molecule has 0 aromatic heterocycles. The molecule has 0 spiro atoms. The van der Waals surface area contributed by atoms with Crippen LogP contribution in [0.3, 0.4) is 0 Å². The van der Waals surface area contributed by atoms with Crippen molar-refractivity contribution in [2.75, 3.05) is 35.1 Å². The Morgan fingerprint density at radius 1 is 1.03 bits per heavy atom. The van der Waals surface area contributed by atoms with Gasteiger partial charge in [0.25, 0.3) is 5.91 Å². The molecule has 0 unspecified atom stereocenters. The first kappa shape index (κ1) is 22.4. The largest absolute Gasteiger partial charge is 0.372 e. The number of hydrazone groups is 1. The van der Waals surface area contributed by atoms with E-state index in [2.05, 4.69) is 29.3 Å². The molecular weight excluding hydrogens is 395 g/mol. The predicted molar refractivity (Wildman–Crippen MR) is 114 cm³/mol. The maximum absolute atomic E-state index is 13.1. The van der Waals surface area contributed by atoms with Gasteiger partial charge in [0.05, 0.1) is 18.2 Å². The molecule has 1 N–H and O–H groups in total. The number of amides is 1. The topological polar surface area (TPSA) is 82.1 Å². The van der Waals surface area contributed by atoms with Gasteiger partial charge in [0.1, 0.15) is 12.4 Å². The Hall–Kier alpha value is -2.94. The van der Waals surface area contributed by atoms with Crippen LogP contribution in [0.1, 0.15) is 19.4 Å². The fourth-order valence-electron chi connectivity index (χ4n) is 2.71. The van der Waals surface area contributed by atoms with Crippen LogP contribution >= 0.6 is 0 Å². The average molecular weight is 421 g/mol. The summed E-state index contributed by atoms with van der Waals surface area (Å²) in [6, 6.07) is 12.5. The number of hydrogen-bond donors (Lipinski definition) is 1. The first-order valence-corrected chi connectivity index (χ1v) is 11.0. The van der Waals surface area contributed by atoms with E-state index in [0.717, 1.165) is 47.0 Å². The molecule has 29 heavy (non-hydrogen) atoms. The van der Waals surface area contributed by atoms with Crippen LogP contribution in [-0.2, 0) is 14.8 Å². The zero-order chi connectivity index (χ0) is 21.4. The molecule has 0 aliphatic carbocycles. The normalized spacial score (nSPS) is 11.4. The number of rotatable bonds is 9. The molecule has 2 aromatic rings. The van der Waals surface area contributed by atoms with Crippen molar-refractivity contribution in [1.82, 2.24) is 5.43 Å². The van der Waals surface area contributed by atoms with Crippen molar-refractivity contribution in [3.05, 3.63) is 59.9 Å². The van der Waals surface area contributed by atoms with E-state index in [4.69, 9.17) is 0 Å². The van der Waals surface area contributed by atoms with Crippen molar-refractivity contribution < 1.29 is 17.6 Å². The minimum Gasteiger partial charge on any atom is -0.372 e. The molecule has 0 heterocycles. The fourth-order valence-corrected chi connectivity index (χ4v) is 3.57. The summed E-state index contributed by atoms with van der Waals surface area (Å²) < 4.78 is 38.0. The maximum Gasteiger partial charge on any atom is 0.260 e. The van der Waals surface area contributed by atoms with Gasteiger partial charge in [0.2, 0.25) is 10.0 Å². The van der Waals surface area contributed by atoms with Gasteiger partial charge in [-0.3, -0.25) is 9.10 Å². The zero-order valence-electron chi connectivity index (χ0n) is 16.7. The number of nitrogens with zero attached hydrogens (tertiary/aromatic N) is 3. The second-order valence-corrected chi connectivity index (χ2v) is 8.21. The molecule has 2 rings (SSSR count). The van der Waals surface area contributed by atoms with Gasteiger partial charge >= 0.3 is 0 Å². The summed E-state index contributed by atoms with van der Waals surface area (Å²) in [7, 11) is -3.73. The second kappa shape index (κ2) is 10.0. The Morgan fingerprint density at radius 3 is 2.10 bits per heavy atom. The number of hydrogen-bond acceptors (Lipinski definition) is 5. The molecule has 156 valence electrons. The lowest BCUT2D eigenvalue weighted by Gasteiger charge is -2.21. The van der Waals surface area contributed by atoms with Crippen molar-refractivity contribution in [1.29, 1.82) is 0 Å².